The molecular formula is C17H17N3O2S. The lowest BCUT2D eigenvalue weighted by Gasteiger charge is -2.26. The molecule has 1 aliphatic heterocycles. The van der Waals surface area contributed by atoms with E-state index in [4.69, 9.17) is 0 Å². The van der Waals surface area contributed by atoms with Gasteiger partial charge in [-0.25, -0.2) is 4.98 Å². The maximum absolute atomic E-state index is 12.7. The van der Waals surface area contributed by atoms with Gasteiger partial charge in [0, 0.05) is 23.2 Å². The van der Waals surface area contributed by atoms with Gasteiger partial charge in [0.15, 0.2) is 0 Å². The third-order valence-electron chi connectivity index (χ3n) is 4.36. The molecule has 1 aliphatic rings. The first kappa shape index (κ1) is 14.4. The number of amides is 1. The van der Waals surface area contributed by atoms with Gasteiger partial charge in [-0.3, -0.25) is 14.2 Å². The molecule has 23 heavy (non-hydrogen) atoms. The van der Waals surface area contributed by atoms with Crippen molar-refractivity contribution in [1.29, 1.82) is 0 Å². The highest BCUT2D eigenvalue weighted by Gasteiger charge is 2.18. The average molecular weight is 327 g/mol. The molecule has 3 heterocycles. The molecule has 0 N–H and O–H groups in total. The molecule has 1 fully saturated rings. The number of benzene rings is 1. The van der Waals surface area contributed by atoms with Crippen LogP contribution >= 0.6 is 11.3 Å². The topological polar surface area (TPSA) is 55.2 Å². The monoisotopic (exact) mass is 327 g/mol. The minimum absolute atomic E-state index is 0.00839. The van der Waals surface area contributed by atoms with Crippen LogP contribution in [-0.4, -0.2) is 33.4 Å². The Morgan fingerprint density at radius 3 is 2.78 bits per heavy atom. The number of rotatable bonds is 2. The molecule has 0 aliphatic carbocycles. The van der Waals surface area contributed by atoms with E-state index < -0.39 is 0 Å². The average Bonchev–Trinajstić information content (AvgIpc) is 2.98. The largest absolute Gasteiger partial charge is 0.341 e. The second-order valence-electron chi connectivity index (χ2n) is 5.90. The fourth-order valence-electron chi connectivity index (χ4n) is 3.12. The summed E-state index contributed by atoms with van der Waals surface area (Å²) < 4.78 is 3.11. The van der Waals surface area contributed by atoms with Crippen molar-refractivity contribution in [2.45, 2.75) is 25.8 Å². The van der Waals surface area contributed by atoms with Gasteiger partial charge >= 0.3 is 0 Å². The van der Waals surface area contributed by atoms with Gasteiger partial charge in [-0.15, -0.1) is 11.3 Å². The molecule has 5 nitrogen and oxygen atoms in total. The van der Waals surface area contributed by atoms with Crippen molar-refractivity contribution in [1.82, 2.24) is 14.5 Å². The minimum atomic E-state index is -0.124. The summed E-state index contributed by atoms with van der Waals surface area (Å²) in [5.41, 5.74) is 0.610. The Morgan fingerprint density at radius 1 is 1.17 bits per heavy atom. The Labute approximate surface area is 137 Å². The van der Waals surface area contributed by atoms with Crippen LogP contribution in [0.2, 0.25) is 0 Å². The van der Waals surface area contributed by atoms with Crippen LogP contribution < -0.4 is 5.56 Å². The zero-order valence-electron chi connectivity index (χ0n) is 12.7. The molecule has 0 bridgehead atoms. The first-order valence-electron chi connectivity index (χ1n) is 7.88. The Kier molecular flexibility index (Phi) is 3.61. The predicted octanol–water partition coefficient (Wildman–Crippen LogP) is 2.62. The molecule has 1 saturated heterocycles. The number of carbonyl (C=O) groups excluding carboxylic acids is 1. The van der Waals surface area contributed by atoms with Crippen molar-refractivity contribution in [3.8, 4) is 0 Å². The Morgan fingerprint density at radius 2 is 1.96 bits per heavy atom. The number of fused-ring (bicyclic) bond motifs is 3. The quantitative estimate of drug-likeness (QED) is 0.727. The van der Waals surface area contributed by atoms with Crippen LogP contribution in [0.25, 0.3) is 20.3 Å². The summed E-state index contributed by atoms with van der Waals surface area (Å²) in [7, 11) is 0. The standard InChI is InChI=1S/C17H17N3O2S/c21-14(19-8-4-1-5-9-19)10-20-11-18-15-12-6-2-3-7-13(12)23-16(15)17(20)22/h2-3,6-7,11H,1,4-5,8-10H2. The lowest BCUT2D eigenvalue weighted by molar-refractivity contribution is -0.132. The highest BCUT2D eigenvalue weighted by Crippen LogP contribution is 2.29. The van der Waals surface area contributed by atoms with E-state index in [1.54, 1.807) is 0 Å². The van der Waals surface area contributed by atoms with Gasteiger partial charge in [-0.1, -0.05) is 18.2 Å². The summed E-state index contributed by atoms with van der Waals surface area (Å²) >= 11 is 1.44. The van der Waals surface area contributed by atoms with E-state index in [1.165, 1.54) is 28.7 Å². The van der Waals surface area contributed by atoms with E-state index in [2.05, 4.69) is 4.98 Å². The van der Waals surface area contributed by atoms with Crippen molar-refractivity contribution >= 4 is 37.5 Å². The van der Waals surface area contributed by atoms with Gasteiger partial charge in [-0.2, -0.15) is 0 Å². The molecule has 1 aromatic carbocycles. The van der Waals surface area contributed by atoms with Gasteiger partial charge < -0.3 is 4.90 Å². The fraction of sp³-hybridized carbons (Fsp3) is 0.353. The number of aromatic nitrogens is 2. The van der Waals surface area contributed by atoms with Crippen LogP contribution in [0.5, 0.6) is 0 Å². The molecule has 0 saturated carbocycles. The summed E-state index contributed by atoms with van der Waals surface area (Å²) in [6, 6.07) is 7.87. The number of likely N-dealkylation sites (tertiary alicyclic amines) is 1. The number of hydrogen-bond acceptors (Lipinski definition) is 4. The van der Waals surface area contributed by atoms with Crippen LogP contribution in [0.3, 0.4) is 0 Å². The van der Waals surface area contributed by atoms with E-state index >= 15 is 0 Å². The zero-order valence-corrected chi connectivity index (χ0v) is 13.5. The van der Waals surface area contributed by atoms with Crippen LogP contribution in [0.15, 0.2) is 35.4 Å². The lowest BCUT2D eigenvalue weighted by Crippen LogP contribution is -2.39. The van der Waals surface area contributed by atoms with Crippen molar-refractivity contribution in [2.75, 3.05) is 13.1 Å². The molecule has 118 valence electrons. The summed E-state index contributed by atoms with van der Waals surface area (Å²) in [6.07, 6.45) is 4.78. The van der Waals surface area contributed by atoms with Gasteiger partial charge in [0.05, 0.1) is 11.8 Å². The van der Waals surface area contributed by atoms with Crippen molar-refractivity contribution in [3.63, 3.8) is 0 Å². The van der Waals surface area contributed by atoms with E-state index in [0.29, 0.717) is 4.70 Å². The predicted molar refractivity (Wildman–Crippen MR) is 91.8 cm³/mol. The minimum Gasteiger partial charge on any atom is -0.341 e. The Balaban J connectivity index is 1.70. The van der Waals surface area contributed by atoms with Crippen molar-refractivity contribution < 1.29 is 4.79 Å². The summed E-state index contributed by atoms with van der Waals surface area (Å²) in [4.78, 5) is 31.3. The normalized spacial score (nSPS) is 15.4. The van der Waals surface area contributed by atoms with E-state index in [1.807, 2.05) is 29.2 Å². The molecular weight excluding hydrogens is 310 g/mol. The third-order valence-corrected chi connectivity index (χ3v) is 5.51. The first-order valence-corrected chi connectivity index (χ1v) is 8.70. The SMILES string of the molecule is O=C(Cn1cnc2c(sc3ccccc32)c1=O)N1CCCCC1. The number of carbonyl (C=O) groups is 1. The highest BCUT2D eigenvalue weighted by molar-refractivity contribution is 7.25. The molecule has 6 heteroatoms. The number of nitrogens with zero attached hydrogens (tertiary/aromatic N) is 3. The van der Waals surface area contributed by atoms with Crippen molar-refractivity contribution in [3.05, 3.63) is 40.9 Å². The second-order valence-corrected chi connectivity index (χ2v) is 6.95. The highest BCUT2D eigenvalue weighted by atomic mass is 32.1. The van der Waals surface area contributed by atoms with E-state index in [9.17, 15) is 9.59 Å². The smallest absolute Gasteiger partial charge is 0.271 e. The van der Waals surface area contributed by atoms with Crippen LogP contribution in [-0.2, 0) is 11.3 Å². The summed E-state index contributed by atoms with van der Waals surface area (Å²) in [6.45, 7) is 1.67. The molecule has 3 aromatic rings. The molecule has 0 spiro atoms. The zero-order chi connectivity index (χ0) is 15.8. The van der Waals surface area contributed by atoms with E-state index in [0.717, 1.165) is 41.5 Å². The summed E-state index contributed by atoms with van der Waals surface area (Å²) in [5, 5.41) is 0.999. The molecule has 2 aromatic heterocycles. The lowest BCUT2D eigenvalue weighted by atomic mass is 10.1. The van der Waals surface area contributed by atoms with Gasteiger partial charge in [0.1, 0.15) is 11.2 Å². The van der Waals surface area contributed by atoms with Crippen LogP contribution in [0, 0.1) is 0 Å². The first-order chi connectivity index (χ1) is 11.2. The second kappa shape index (κ2) is 5.77. The maximum Gasteiger partial charge on any atom is 0.271 e. The van der Waals surface area contributed by atoms with Crippen molar-refractivity contribution in [2.24, 2.45) is 0 Å². The number of hydrogen-bond donors (Lipinski definition) is 0. The summed E-state index contributed by atoms with van der Waals surface area (Å²) in [5.74, 6) is 0.00839. The van der Waals surface area contributed by atoms with Crippen LogP contribution in [0.1, 0.15) is 19.3 Å². The van der Waals surface area contributed by atoms with Crippen LogP contribution in [0.4, 0.5) is 0 Å². The van der Waals surface area contributed by atoms with Gasteiger partial charge in [-0.05, 0) is 25.3 Å². The number of thiophene rings is 1. The Hall–Kier alpha value is -2.21. The molecule has 0 unspecified atom stereocenters. The molecule has 0 atom stereocenters. The maximum atomic E-state index is 12.7. The molecule has 4 rings (SSSR count). The fourth-order valence-corrected chi connectivity index (χ4v) is 4.22. The van der Waals surface area contributed by atoms with E-state index in [-0.39, 0.29) is 18.0 Å². The molecule has 1 amide bonds. The Bertz CT molecular complexity index is 938. The van der Waals surface area contributed by atoms with Gasteiger partial charge in [0.2, 0.25) is 5.91 Å². The number of piperidine rings is 1. The third kappa shape index (κ3) is 2.53. The molecule has 0 radical (unpaired) electrons. The van der Waals surface area contributed by atoms with Gasteiger partial charge in [0.25, 0.3) is 5.56 Å².